The molecule has 6 aromatic carbocycles. The number of ketones is 1. The van der Waals surface area contributed by atoms with E-state index in [2.05, 4.69) is 0 Å². The smallest absolute Gasteiger partial charge is 0.242 e. The third kappa shape index (κ3) is 5.23. The second-order valence-electron chi connectivity index (χ2n) is 15.7. The van der Waals surface area contributed by atoms with Gasteiger partial charge in [0.25, 0.3) is 0 Å². The average molecular weight is 808 g/mol. The molecule has 290 valence electrons. The molecule has 2 heterocycles. The number of amides is 2. The Kier molecular flexibility index (Phi) is 9.21. The van der Waals surface area contributed by atoms with Crippen LogP contribution in [0.15, 0.2) is 146 Å². The van der Waals surface area contributed by atoms with E-state index in [4.69, 9.17) is 27.9 Å². The first-order chi connectivity index (χ1) is 28.0. The zero-order valence-corrected chi connectivity index (χ0v) is 33.7. The number of hydrogen-bond donors (Lipinski definition) is 1. The molecule has 2 aliphatic heterocycles. The number of carbonyl (C=O) groups is 3. The molecule has 1 fully saturated rings. The predicted molar refractivity (Wildman–Crippen MR) is 226 cm³/mol. The number of anilines is 2. The van der Waals surface area contributed by atoms with Crippen LogP contribution in [0.25, 0.3) is 0 Å². The first-order valence-electron chi connectivity index (χ1n) is 19.2. The van der Waals surface area contributed by atoms with Gasteiger partial charge in [0.1, 0.15) is 22.5 Å². The fraction of sp³-hybridized carbons (Fsp3) is 0.204. The van der Waals surface area contributed by atoms with Crippen LogP contribution in [0.4, 0.5) is 11.4 Å². The summed E-state index contributed by atoms with van der Waals surface area (Å²) in [5.74, 6) is -3.15. The lowest BCUT2D eigenvalue weighted by Crippen LogP contribution is -2.59. The van der Waals surface area contributed by atoms with Crippen LogP contribution < -0.4 is 9.80 Å². The number of benzene rings is 6. The van der Waals surface area contributed by atoms with E-state index < -0.39 is 46.1 Å². The average Bonchev–Trinajstić information content (AvgIpc) is 3.70. The number of halogens is 2. The van der Waals surface area contributed by atoms with Crippen LogP contribution >= 0.6 is 23.2 Å². The quantitative estimate of drug-likeness (QED) is 0.155. The lowest BCUT2D eigenvalue weighted by Gasteiger charge is -2.43. The minimum atomic E-state index is -2.36. The fourth-order valence-corrected chi connectivity index (χ4v) is 10.5. The molecule has 9 heteroatoms. The van der Waals surface area contributed by atoms with Gasteiger partial charge < -0.3 is 19.6 Å². The van der Waals surface area contributed by atoms with Crippen molar-refractivity contribution in [2.45, 2.75) is 49.5 Å². The number of Topliss-reactive ketones (excluding diaryl/α,β-unsaturated/α-hetero) is 1. The summed E-state index contributed by atoms with van der Waals surface area (Å²) in [6.45, 7) is 4.11. The highest BCUT2D eigenvalue weighted by molar-refractivity contribution is 6.32. The van der Waals surface area contributed by atoms with Gasteiger partial charge in [0.05, 0.1) is 19.0 Å². The van der Waals surface area contributed by atoms with Gasteiger partial charge in [0.2, 0.25) is 11.8 Å². The second-order valence-corrected chi connectivity index (χ2v) is 16.5. The van der Waals surface area contributed by atoms with Crippen molar-refractivity contribution in [1.29, 1.82) is 0 Å². The van der Waals surface area contributed by atoms with E-state index in [-0.39, 0.29) is 18.7 Å². The van der Waals surface area contributed by atoms with E-state index in [1.165, 1.54) is 7.11 Å². The Morgan fingerprint density at radius 2 is 1.14 bits per heavy atom. The van der Waals surface area contributed by atoms with Crippen molar-refractivity contribution in [1.82, 2.24) is 0 Å². The maximum Gasteiger partial charge on any atom is 0.242 e. The highest BCUT2D eigenvalue weighted by Crippen LogP contribution is 2.72. The zero-order chi connectivity index (χ0) is 40.6. The molecule has 2 amide bonds. The number of fused-ring (bicyclic) bond motifs is 4. The number of aliphatic hydroxyl groups is 1. The molecule has 1 N–H and O–H groups in total. The largest absolute Gasteiger partial charge is 0.381 e. The Morgan fingerprint density at radius 1 is 0.655 bits per heavy atom. The van der Waals surface area contributed by atoms with Crippen LogP contribution in [-0.4, -0.2) is 35.9 Å². The molecule has 1 saturated carbocycles. The number of methoxy groups -OCH3 is 1. The van der Waals surface area contributed by atoms with Crippen molar-refractivity contribution in [3.05, 3.63) is 200 Å². The van der Waals surface area contributed by atoms with Crippen LogP contribution in [0.3, 0.4) is 0 Å². The van der Waals surface area contributed by atoms with Crippen LogP contribution in [0.2, 0.25) is 10.0 Å². The second kappa shape index (κ2) is 14.1. The van der Waals surface area contributed by atoms with E-state index in [1.54, 1.807) is 70.5 Å². The number of aryl methyl sites for hydroxylation is 2. The number of rotatable bonds is 8. The summed E-state index contributed by atoms with van der Waals surface area (Å²) in [6, 6.07) is 43.7. The Morgan fingerprint density at radius 3 is 1.67 bits per heavy atom. The summed E-state index contributed by atoms with van der Waals surface area (Å²) in [7, 11) is 1.43. The normalized spacial score (nSPS) is 24.5. The molecule has 5 atom stereocenters. The van der Waals surface area contributed by atoms with Crippen molar-refractivity contribution < 1.29 is 24.2 Å². The zero-order valence-electron chi connectivity index (χ0n) is 32.2. The molecule has 3 aliphatic rings. The van der Waals surface area contributed by atoms with E-state index in [9.17, 15) is 5.11 Å². The number of nitrogens with zero attached hydrogens (tertiary/aromatic N) is 2. The summed E-state index contributed by atoms with van der Waals surface area (Å²) in [5, 5.41) is 15.0. The SMILES string of the molecule is CO[C@H]1[C@@]2(C(=O)N(Cc3ccccc3)c3ccc(Cl)cc32)[C@H](C(=O)c2ccc(C)cc2)[C@]2(C(=O)N(Cc3ccccc3)c3ccc(Cl)cc32)[C@]1(O)c1ccc(C)cc1. The summed E-state index contributed by atoms with van der Waals surface area (Å²) in [4.78, 5) is 52.0. The van der Waals surface area contributed by atoms with Crippen molar-refractivity contribution in [3.8, 4) is 0 Å². The van der Waals surface area contributed by atoms with Crippen molar-refractivity contribution in [2.75, 3.05) is 16.9 Å². The Balaban J connectivity index is 1.44. The van der Waals surface area contributed by atoms with Gasteiger partial charge in [-0.3, -0.25) is 14.4 Å². The summed E-state index contributed by atoms with van der Waals surface area (Å²) in [6.07, 6.45) is -1.51. The monoisotopic (exact) mass is 806 g/mol. The highest BCUT2D eigenvalue weighted by Gasteiger charge is 2.86. The van der Waals surface area contributed by atoms with Crippen LogP contribution in [0.5, 0.6) is 0 Å². The molecule has 6 aromatic rings. The maximum atomic E-state index is 16.4. The predicted octanol–water partition coefficient (Wildman–Crippen LogP) is 9.30. The molecule has 1 aliphatic carbocycles. The van der Waals surface area contributed by atoms with Crippen LogP contribution in [0.1, 0.15) is 49.3 Å². The molecule has 0 radical (unpaired) electrons. The first kappa shape index (κ1) is 38.0. The molecular weight excluding hydrogens is 767 g/mol. The molecule has 2 spiro atoms. The third-order valence-corrected chi connectivity index (χ3v) is 13.0. The number of hydrogen-bond acceptors (Lipinski definition) is 5. The number of ether oxygens (including phenoxy) is 1. The molecule has 7 nitrogen and oxygen atoms in total. The van der Waals surface area contributed by atoms with Crippen molar-refractivity contribution in [3.63, 3.8) is 0 Å². The lowest BCUT2D eigenvalue weighted by atomic mass is 9.58. The minimum absolute atomic E-state index is 0.118. The lowest BCUT2D eigenvalue weighted by molar-refractivity contribution is -0.154. The Labute approximate surface area is 347 Å². The van der Waals surface area contributed by atoms with Crippen LogP contribution in [-0.2, 0) is 43.8 Å². The maximum absolute atomic E-state index is 16.4. The topological polar surface area (TPSA) is 87.2 Å². The van der Waals surface area contributed by atoms with Gasteiger partial charge in [-0.25, -0.2) is 0 Å². The molecule has 0 aromatic heterocycles. The van der Waals surface area contributed by atoms with E-state index in [0.29, 0.717) is 38.1 Å². The van der Waals surface area contributed by atoms with Gasteiger partial charge in [-0.15, -0.1) is 0 Å². The van der Waals surface area contributed by atoms with Gasteiger partial charge in [0, 0.05) is 34.1 Å². The van der Waals surface area contributed by atoms with E-state index in [0.717, 1.165) is 22.3 Å². The molecule has 0 bridgehead atoms. The summed E-state index contributed by atoms with van der Waals surface area (Å²) in [5.41, 5.74) is -0.794. The third-order valence-electron chi connectivity index (χ3n) is 12.5. The molecule has 0 unspecified atom stereocenters. The Bertz CT molecular complexity index is 2600. The molecule has 58 heavy (non-hydrogen) atoms. The molecule has 9 rings (SSSR count). The van der Waals surface area contributed by atoms with Gasteiger partial charge in [-0.05, 0) is 78.1 Å². The number of carbonyl (C=O) groups excluding carboxylic acids is 3. The minimum Gasteiger partial charge on any atom is -0.381 e. The van der Waals surface area contributed by atoms with E-state index >= 15 is 14.4 Å². The summed E-state index contributed by atoms with van der Waals surface area (Å²) >= 11 is 13.8. The van der Waals surface area contributed by atoms with Gasteiger partial charge >= 0.3 is 0 Å². The van der Waals surface area contributed by atoms with Crippen LogP contribution in [0, 0.1) is 19.8 Å². The van der Waals surface area contributed by atoms with Gasteiger partial charge in [-0.2, -0.15) is 0 Å². The molecular formula is C49H40Cl2N2O5. The standard InChI is InChI=1S/C49H40Cl2N2O5/c1-30-14-18-34(19-15-30)42(54)43-47(38-26-36(50)22-24-40(38)52(45(47)55)28-32-10-6-4-7-11-32)44(58-3)49(57,35-20-16-31(2)17-21-35)48(43)39-27-37(51)23-25-41(39)53(46(48)56)29-33-12-8-5-9-13-33/h4-27,43-44,57H,28-29H2,1-3H3/t43-,44-,47-,48+,49-/m0/s1. The highest BCUT2D eigenvalue weighted by atomic mass is 35.5. The van der Waals surface area contributed by atoms with E-state index in [1.807, 2.05) is 98.8 Å². The van der Waals surface area contributed by atoms with Gasteiger partial charge in [0.15, 0.2) is 5.78 Å². The Hall–Kier alpha value is -5.57. The fourth-order valence-electron chi connectivity index (χ4n) is 10.1. The summed E-state index contributed by atoms with van der Waals surface area (Å²) < 4.78 is 6.59. The molecule has 0 saturated heterocycles. The van der Waals surface area contributed by atoms with Crippen molar-refractivity contribution in [2.24, 2.45) is 5.92 Å². The van der Waals surface area contributed by atoms with Gasteiger partial charge in [-0.1, -0.05) is 144 Å². The van der Waals surface area contributed by atoms with Crippen molar-refractivity contribution >= 4 is 52.2 Å². The first-order valence-corrected chi connectivity index (χ1v) is 20.0.